The van der Waals surface area contributed by atoms with Crippen molar-refractivity contribution in [2.75, 3.05) is 13.1 Å². The first kappa shape index (κ1) is 10.8. The van der Waals surface area contributed by atoms with Crippen molar-refractivity contribution in [1.29, 1.82) is 0 Å². The Bertz CT molecular complexity index is 206. The number of ketones is 2. The average molecular weight is 171 g/mol. The lowest BCUT2D eigenvalue weighted by molar-refractivity contribution is -0.148. The first-order valence-corrected chi connectivity index (χ1v) is 3.88. The second kappa shape index (κ2) is 4.64. The number of likely N-dealkylation sites (N-methyl/N-ethyl adjacent to an activating group) is 1. The fraction of sp³-hybridized carbons (Fsp3) is 0.625. The van der Waals surface area contributed by atoms with Gasteiger partial charge < -0.3 is 4.90 Å². The van der Waals surface area contributed by atoms with Crippen molar-refractivity contribution in [3.05, 3.63) is 0 Å². The molecule has 4 nitrogen and oxygen atoms in total. The van der Waals surface area contributed by atoms with Crippen molar-refractivity contribution >= 4 is 17.5 Å². The van der Waals surface area contributed by atoms with Crippen LogP contribution in [0.15, 0.2) is 0 Å². The minimum absolute atomic E-state index is 0.453. The molecule has 4 heteroatoms. The van der Waals surface area contributed by atoms with Crippen LogP contribution in [-0.2, 0) is 14.4 Å². The smallest absolute Gasteiger partial charge is 0.298 e. The molecule has 0 atom stereocenters. The molecule has 68 valence electrons. The Balaban J connectivity index is 4.37. The Morgan fingerprint density at radius 2 is 1.50 bits per heavy atom. The molecule has 0 aromatic carbocycles. The number of Topliss-reactive ketones (excluding diaryl/α,β-unsaturated/α-hetero) is 2. The zero-order chi connectivity index (χ0) is 9.72. The van der Waals surface area contributed by atoms with Gasteiger partial charge in [-0.05, 0) is 13.8 Å². The number of rotatable bonds is 4. The summed E-state index contributed by atoms with van der Waals surface area (Å²) < 4.78 is 0. The van der Waals surface area contributed by atoms with Crippen LogP contribution in [0.2, 0.25) is 0 Å². The van der Waals surface area contributed by atoms with E-state index in [9.17, 15) is 14.4 Å². The summed E-state index contributed by atoms with van der Waals surface area (Å²) in [6.07, 6.45) is 0. The highest BCUT2D eigenvalue weighted by molar-refractivity contribution is 6.62. The third kappa shape index (κ3) is 2.45. The second-order valence-corrected chi connectivity index (χ2v) is 2.36. The molecule has 0 aromatic heterocycles. The van der Waals surface area contributed by atoms with Gasteiger partial charge in [0.05, 0.1) is 0 Å². The van der Waals surface area contributed by atoms with Gasteiger partial charge in [0.2, 0.25) is 5.78 Å². The van der Waals surface area contributed by atoms with Crippen molar-refractivity contribution in [2.45, 2.75) is 20.8 Å². The molecule has 0 saturated carbocycles. The molecule has 0 unspecified atom stereocenters. The van der Waals surface area contributed by atoms with Crippen LogP contribution in [0.1, 0.15) is 20.8 Å². The minimum atomic E-state index is -0.932. The van der Waals surface area contributed by atoms with E-state index in [-0.39, 0.29) is 0 Å². The van der Waals surface area contributed by atoms with E-state index in [1.807, 2.05) is 0 Å². The molecule has 12 heavy (non-hydrogen) atoms. The predicted octanol–water partition coefficient (Wildman–Crippen LogP) is 0.0129. The molecule has 0 aliphatic rings. The Labute approximate surface area is 71.5 Å². The Morgan fingerprint density at radius 1 is 1.08 bits per heavy atom. The lowest BCUT2D eigenvalue weighted by atomic mass is 10.2. The lowest BCUT2D eigenvalue weighted by Crippen LogP contribution is -2.38. The Kier molecular flexibility index (Phi) is 4.18. The number of carbonyl (C=O) groups is 3. The quantitative estimate of drug-likeness (QED) is 0.442. The standard InChI is InChI=1S/C8H13NO3/c1-4-9(5-2)8(12)7(11)6(3)10/h4-5H2,1-3H3. The van der Waals surface area contributed by atoms with E-state index < -0.39 is 17.5 Å². The van der Waals surface area contributed by atoms with Crippen LogP contribution in [0.5, 0.6) is 0 Å². The van der Waals surface area contributed by atoms with E-state index in [4.69, 9.17) is 0 Å². The van der Waals surface area contributed by atoms with Gasteiger partial charge in [-0.2, -0.15) is 0 Å². The summed E-state index contributed by atoms with van der Waals surface area (Å²) in [6, 6.07) is 0. The van der Waals surface area contributed by atoms with Crippen molar-refractivity contribution < 1.29 is 14.4 Å². The topological polar surface area (TPSA) is 54.5 Å². The number of nitrogens with zero attached hydrogens (tertiary/aromatic N) is 1. The number of amides is 1. The summed E-state index contributed by atoms with van der Waals surface area (Å²) in [4.78, 5) is 33.8. The highest BCUT2D eigenvalue weighted by Crippen LogP contribution is 1.90. The summed E-state index contributed by atoms with van der Waals surface area (Å²) >= 11 is 0. The maximum absolute atomic E-state index is 11.1. The van der Waals surface area contributed by atoms with E-state index >= 15 is 0 Å². The molecule has 0 rings (SSSR count). The van der Waals surface area contributed by atoms with Crippen molar-refractivity contribution in [2.24, 2.45) is 0 Å². The number of carbonyl (C=O) groups excluding carboxylic acids is 3. The van der Waals surface area contributed by atoms with E-state index in [1.54, 1.807) is 13.8 Å². The van der Waals surface area contributed by atoms with E-state index in [2.05, 4.69) is 0 Å². The maximum Gasteiger partial charge on any atom is 0.298 e. The summed E-state index contributed by atoms with van der Waals surface area (Å²) in [5.74, 6) is -2.34. The normalized spacial score (nSPS) is 9.25. The minimum Gasteiger partial charge on any atom is -0.336 e. The summed E-state index contributed by atoms with van der Waals surface area (Å²) in [5.41, 5.74) is 0. The van der Waals surface area contributed by atoms with E-state index in [0.29, 0.717) is 13.1 Å². The molecule has 0 spiro atoms. The third-order valence-electron chi connectivity index (χ3n) is 1.56. The maximum atomic E-state index is 11.1. The van der Waals surface area contributed by atoms with Crippen LogP contribution >= 0.6 is 0 Å². The lowest BCUT2D eigenvalue weighted by Gasteiger charge is -2.16. The molecule has 0 aromatic rings. The molecule has 0 aliphatic heterocycles. The molecule has 0 bridgehead atoms. The first-order valence-electron chi connectivity index (χ1n) is 3.88. The van der Waals surface area contributed by atoms with Crippen LogP contribution in [0.3, 0.4) is 0 Å². The highest BCUT2D eigenvalue weighted by atomic mass is 16.2. The summed E-state index contributed by atoms with van der Waals surface area (Å²) in [6.45, 7) is 5.52. The van der Waals surface area contributed by atoms with Gasteiger partial charge in [0, 0.05) is 20.0 Å². The van der Waals surface area contributed by atoms with Crippen LogP contribution in [0.4, 0.5) is 0 Å². The molecule has 0 saturated heterocycles. The van der Waals surface area contributed by atoms with Crippen molar-refractivity contribution in [1.82, 2.24) is 4.90 Å². The number of hydrogen-bond acceptors (Lipinski definition) is 3. The molecule has 0 radical (unpaired) electrons. The fourth-order valence-electron chi connectivity index (χ4n) is 0.805. The molecule has 0 N–H and O–H groups in total. The van der Waals surface area contributed by atoms with Gasteiger partial charge in [-0.25, -0.2) is 0 Å². The summed E-state index contributed by atoms with van der Waals surface area (Å²) in [7, 11) is 0. The zero-order valence-corrected chi connectivity index (χ0v) is 7.59. The largest absolute Gasteiger partial charge is 0.336 e. The monoisotopic (exact) mass is 171 g/mol. The van der Waals surface area contributed by atoms with Crippen LogP contribution in [0, 0.1) is 0 Å². The Morgan fingerprint density at radius 3 is 1.75 bits per heavy atom. The predicted molar refractivity (Wildman–Crippen MR) is 43.6 cm³/mol. The van der Waals surface area contributed by atoms with Gasteiger partial charge in [0.1, 0.15) is 0 Å². The molecular weight excluding hydrogens is 158 g/mol. The molecular formula is C8H13NO3. The van der Waals surface area contributed by atoms with Crippen LogP contribution in [-0.4, -0.2) is 35.5 Å². The zero-order valence-electron chi connectivity index (χ0n) is 7.59. The van der Waals surface area contributed by atoms with Gasteiger partial charge in [-0.1, -0.05) is 0 Å². The van der Waals surface area contributed by atoms with E-state index in [0.717, 1.165) is 6.92 Å². The molecule has 1 amide bonds. The Hall–Kier alpha value is -1.19. The molecule has 0 heterocycles. The molecule has 0 fully saturated rings. The van der Waals surface area contributed by atoms with Crippen LogP contribution in [0.25, 0.3) is 0 Å². The van der Waals surface area contributed by atoms with Crippen LogP contribution < -0.4 is 0 Å². The first-order chi connectivity index (χ1) is 5.54. The highest BCUT2D eigenvalue weighted by Gasteiger charge is 2.22. The summed E-state index contributed by atoms with van der Waals surface area (Å²) in [5, 5.41) is 0. The van der Waals surface area contributed by atoms with E-state index in [1.165, 1.54) is 4.90 Å². The SMILES string of the molecule is CCN(CC)C(=O)C(=O)C(C)=O. The second-order valence-electron chi connectivity index (χ2n) is 2.36. The van der Waals surface area contributed by atoms with Gasteiger partial charge in [0.15, 0.2) is 0 Å². The fourth-order valence-corrected chi connectivity index (χ4v) is 0.805. The third-order valence-corrected chi connectivity index (χ3v) is 1.56. The molecule has 0 aliphatic carbocycles. The van der Waals surface area contributed by atoms with Crippen molar-refractivity contribution in [3.8, 4) is 0 Å². The van der Waals surface area contributed by atoms with Gasteiger partial charge in [-0.3, -0.25) is 14.4 Å². The average Bonchev–Trinajstić information content (AvgIpc) is 2.05. The van der Waals surface area contributed by atoms with Gasteiger partial charge in [0.25, 0.3) is 11.7 Å². The van der Waals surface area contributed by atoms with Gasteiger partial charge in [-0.15, -0.1) is 0 Å². The van der Waals surface area contributed by atoms with Gasteiger partial charge >= 0.3 is 0 Å². The van der Waals surface area contributed by atoms with Crippen molar-refractivity contribution in [3.63, 3.8) is 0 Å². The number of hydrogen-bond donors (Lipinski definition) is 0.